The van der Waals surface area contributed by atoms with E-state index in [2.05, 4.69) is 24.0 Å². The zero-order chi connectivity index (χ0) is 11.1. The lowest BCUT2D eigenvalue weighted by Gasteiger charge is -1.95. The van der Waals surface area contributed by atoms with Crippen LogP contribution < -0.4 is 0 Å². The van der Waals surface area contributed by atoms with Gasteiger partial charge >= 0.3 is 0 Å². The fourth-order valence-corrected chi connectivity index (χ4v) is 1.68. The number of Topliss-reactive ketones (excluding diaryl/α,β-unsaturated/α-hetero) is 1. The lowest BCUT2D eigenvalue weighted by atomic mass is 10.1. The molecule has 1 aliphatic rings. The minimum atomic E-state index is 0.139. The zero-order valence-corrected chi connectivity index (χ0v) is 9.41. The predicted molar refractivity (Wildman–Crippen MR) is 54.4 cm³/mol. The highest BCUT2D eigenvalue weighted by atomic mass is 16.5. The number of carbonyl (C=O) groups is 1. The van der Waals surface area contributed by atoms with Gasteiger partial charge in [0.2, 0.25) is 5.89 Å². The zero-order valence-electron chi connectivity index (χ0n) is 9.41. The SMILES string of the molecule is CCC(=O)Cc1nc(C2CC2(C)C)no1. The summed E-state index contributed by atoms with van der Waals surface area (Å²) in [6, 6.07) is 0. The second-order valence-corrected chi connectivity index (χ2v) is 4.86. The summed E-state index contributed by atoms with van der Waals surface area (Å²) in [6.07, 6.45) is 1.90. The lowest BCUT2D eigenvalue weighted by Crippen LogP contribution is -2.00. The molecule has 0 radical (unpaired) electrons. The molecule has 1 unspecified atom stereocenters. The Kier molecular flexibility index (Phi) is 2.37. The van der Waals surface area contributed by atoms with Crippen molar-refractivity contribution in [1.29, 1.82) is 0 Å². The van der Waals surface area contributed by atoms with Crippen LogP contribution in [-0.2, 0) is 11.2 Å². The second-order valence-electron chi connectivity index (χ2n) is 4.86. The molecule has 1 aliphatic carbocycles. The van der Waals surface area contributed by atoms with Crippen LogP contribution in [0.5, 0.6) is 0 Å². The van der Waals surface area contributed by atoms with Gasteiger partial charge in [0.1, 0.15) is 5.78 Å². The van der Waals surface area contributed by atoms with E-state index in [9.17, 15) is 4.79 Å². The van der Waals surface area contributed by atoms with Crippen molar-refractivity contribution >= 4 is 5.78 Å². The van der Waals surface area contributed by atoms with Crippen LogP contribution in [0.25, 0.3) is 0 Å². The van der Waals surface area contributed by atoms with Gasteiger partial charge in [0.25, 0.3) is 0 Å². The standard InChI is InChI=1S/C11H16N2O2/c1-4-7(14)5-9-12-10(13-15-9)8-6-11(8,2)3/h8H,4-6H2,1-3H3. The number of aromatic nitrogens is 2. The molecule has 1 heterocycles. The fraction of sp³-hybridized carbons (Fsp3) is 0.727. The van der Waals surface area contributed by atoms with Gasteiger partial charge in [0.15, 0.2) is 5.82 Å². The molecule has 0 aliphatic heterocycles. The Morgan fingerprint density at radius 3 is 2.80 bits per heavy atom. The molecule has 15 heavy (non-hydrogen) atoms. The Morgan fingerprint density at radius 2 is 2.27 bits per heavy atom. The number of carbonyl (C=O) groups excluding carboxylic acids is 1. The van der Waals surface area contributed by atoms with Gasteiger partial charge in [-0.05, 0) is 11.8 Å². The van der Waals surface area contributed by atoms with Crippen molar-refractivity contribution in [1.82, 2.24) is 10.1 Å². The van der Waals surface area contributed by atoms with Crippen molar-refractivity contribution in [3.05, 3.63) is 11.7 Å². The van der Waals surface area contributed by atoms with Gasteiger partial charge in [-0.3, -0.25) is 4.79 Å². The number of hydrogen-bond donors (Lipinski definition) is 0. The van der Waals surface area contributed by atoms with E-state index in [4.69, 9.17) is 4.52 Å². The van der Waals surface area contributed by atoms with Crippen molar-refractivity contribution in [2.24, 2.45) is 5.41 Å². The second kappa shape index (κ2) is 3.43. The molecule has 1 aromatic rings. The summed E-state index contributed by atoms with van der Waals surface area (Å²) in [7, 11) is 0. The van der Waals surface area contributed by atoms with E-state index in [1.807, 2.05) is 6.92 Å². The molecule has 0 saturated heterocycles. The smallest absolute Gasteiger partial charge is 0.234 e. The van der Waals surface area contributed by atoms with Gasteiger partial charge < -0.3 is 4.52 Å². The average Bonchev–Trinajstić information content (AvgIpc) is 2.63. The third-order valence-electron chi connectivity index (χ3n) is 3.05. The summed E-state index contributed by atoms with van der Waals surface area (Å²) in [4.78, 5) is 15.4. The van der Waals surface area contributed by atoms with Crippen molar-refractivity contribution in [2.45, 2.75) is 46.0 Å². The third-order valence-corrected chi connectivity index (χ3v) is 3.05. The van der Waals surface area contributed by atoms with Crippen LogP contribution in [0.3, 0.4) is 0 Å². The first kappa shape index (κ1) is 10.3. The summed E-state index contributed by atoms with van der Waals surface area (Å²) in [5.41, 5.74) is 0.301. The summed E-state index contributed by atoms with van der Waals surface area (Å²) in [5, 5.41) is 3.92. The van der Waals surface area contributed by atoms with Gasteiger partial charge in [0.05, 0.1) is 6.42 Å². The Labute approximate surface area is 89.1 Å². The largest absolute Gasteiger partial charge is 0.339 e. The van der Waals surface area contributed by atoms with Crippen LogP contribution in [-0.4, -0.2) is 15.9 Å². The molecule has 1 fully saturated rings. The summed E-state index contributed by atoms with van der Waals surface area (Å²) < 4.78 is 5.05. The molecular formula is C11H16N2O2. The number of nitrogens with zero attached hydrogens (tertiary/aromatic N) is 2. The number of rotatable bonds is 4. The van der Waals surface area contributed by atoms with Crippen molar-refractivity contribution in [3.63, 3.8) is 0 Å². The molecule has 0 spiro atoms. The van der Waals surface area contributed by atoms with E-state index < -0.39 is 0 Å². The van der Waals surface area contributed by atoms with Gasteiger partial charge in [-0.25, -0.2) is 0 Å². The average molecular weight is 208 g/mol. The molecule has 1 atom stereocenters. The molecule has 4 heteroatoms. The first-order valence-corrected chi connectivity index (χ1v) is 5.37. The molecule has 2 rings (SSSR count). The molecular weight excluding hydrogens is 192 g/mol. The maximum absolute atomic E-state index is 11.2. The summed E-state index contributed by atoms with van der Waals surface area (Å²) in [5.74, 6) is 1.77. The Balaban J connectivity index is 2.02. The third kappa shape index (κ3) is 2.08. The van der Waals surface area contributed by atoms with Gasteiger partial charge in [-0.1, -0.05) is 25.9 Å². The van der Waals surface area contributed by atoms with Crippen molar-refractivity contribution in [3.8, 4) is 0 Å². The van der Waals surface area contributed by atoms with E-state index in [0.29, 0.717) is 23.6 Å². The van der Waals surface area contributed by atoms with Gasteiger partial charge in [-0.15, -0.1) is 0 Å². The maximum atomic E-state index is 11.2. The van der Waals surface area contributed by atoms with E-state index in [1.54, 1.807) is 0 Å². The highest BCUT2D eigenvalue weighted by Crippen LogP contribution is 2.57. The van der Waals surface area contributed by atoms with Crippen LogP contribution in [0.4, 0.5) is 0 Å². The Hall–Kier alpha value is -1.19. The lowest BCUT2D eigenvalue weighted by molar-refractivity contribution is -0.118. The first-order chi connectivity index (χ1) is 7.03. The topological polar surface area (TPSA) is 56.0 Å². The molecule has 4 nitrogen and oxygen atoms in total. The Bertz CT molecular complexity index is 382. The predicted octanol–water partition coefficient (Wildman–Crippen LogP) is 2.10. The number of ketones is 1. The molecule has 0 aromatic carbocycles. The monoisotopic (exact) mass is 208 g/mol. The van der Waals surface area contributed by atoms with Crippen molar-refractivity contribution in [2.75, 3.05) is 0 Å². The van der Waals surface area contributed by atoms with Crippen molar-refractivity contribution < 1.29 is 9.32 Å². The van der Waals surface area contributed by atoms with Crippen LogP contribution in [0, 0.1) is 5.41 Å². The molecule has 82 valence electrons. The molecule has 0 bridgehead atoms. The minimum absolute atomic E-state index is 0.139. The molecule has 0 amide bonds. The highest BCUT2D eigenvalue weighted by Gasteiger charge is 2.49. The van der Waals surface area contributed by atoms with Gasteiger partial charge in [-0.2, -0.15) is 4.98 Å². The molecule has 0 N–H and O–H groups in total. The normalized spacial score (nSPS) is 22.7. The van der Waals surface area contributed by atoms with E-state index in [1.165, 1.54) is 0 Å². The molecule has 1 aromatic heterocycles. The fourth-order valence-electron chi connectivity index (χ4n) is 1.68. The van der Waals surface area contributed by atoms with Crippen LogP contribution in [0.15, 0.2) is 4.52 Å². The summed E-state index contributed by atoms with van der Waals surface area (Å²) >= 11 is 0. The van der Waals surface area contributed by atoms with E-state index in [-0.39, 0.29) is 12.2 Å². The van der Waals surface area contributed by atoms with Gasteiger partial charge in [0, 0.05) is 12.3 Å². The number of hydrogen-bond acceptors (Lipinski definition) is 4. The highest BCUT2D eigenvalue weighted by molar-refractivity contribution is 5.79. The van der Waals surface area contributed by atoms with Crippen LogP contribution in [0.1, 0.15) is 51.2 Å². The Morgan fingerprint density at radius 1 is 1.60 bits per heavy atom. The maximum Gasteiger partial charge on any atom is 0.234 e. The first-order valence-electron chi connectivity index (χ1n) is 5.37. The van der Waals surface area contributed by atoms with E-state index in [0.717, 1.165) is 12.2 Å². The molecule has 1 saturated carbocycles. The minimum Gasteiger partial charge on any atom is -0.339 e. The van der Waals surface area contributed by atoms with E-state index >= 15 is 0 Å². The van der Waals surface area contributed by atoms with Crippen LogP contribution in [0.2, 0.25) is 0 Å². The quantitative estimate of drug-likeness (QED) is 0.760. The van der Waals surface area contributed by atoms with Crippen LogP contribution >= 0.6 is 0 Å². The summed E-state index contributed by atoms with van der Waals surface area (Å²) in [6.45, 7) is 6.21.